The number of aliphatic hydroxyl groups is 2. The molecule has 0 heterocycles. The highest BCUT2D eigenvalue weighted by molar-refractivity contribution is 6.37. The second-order valence-electron chi connectivity index (χ2n) is 8.01. The lowest BCUT2D eigenvalue weighted by molar-refractivity contribution is -0.134. The number of halogens is 3. The van der Waals surface area contributed by atoms with Gasteiger partial charge >= 0.3 is 5.97 Å². The van der Waals surface area contributed by atoms with Gasteiger partial charge in [-0.05, 0) is 64.5 Å². The van der Waals surface area contributed by atoms with Gasteiger partial charge in [0, 0.05) is 15.6 Å². The minimum Gasteiger partial charge on any atom is -0.478 e. The fourth-order valence-corrected chi connectivity index (χ4v) is 4.54. The summed E-state index contributed by atoms with van der Waals surface area (Å²) in [6.45, 7) is 5.93. The predicted octanol–water partition coefficient (Wildman–Crippen LogP) is 6.11. The number of rotatable bonds is 5. The molecule has 0 spiro atoms. The van der Waals surface area contributed by atoms with E-state index in [9.17, 15) is 20.1 Å². The summed E-state index contributed by atoms with van der Waals surface area (Å²) in [5, 5.41) is 32.4. The number of carboxylic acid groups (broad SMARTS) is 1. The summed E-state index contributed by atoms with van der Waals surface area (Å²) in [5.41, 5.74) is 2.71. The maximum atomic E-state index is 11.8. The van der Waals surface area contributed by atoms with Crippen molar-refractivity contribution in [2.75, 3.05) is 0 Å². The number of hydrogen-bond donors (Lipinski definition) is 3. The van der Waals surface area contributed by atoms with Crippen molar-refractivity contribution in [2.45, 2.75) is 33.0 Å². The van der Waals surface area contributed by atoms with Crippen LogP contribution in [0.1, 0.15) is 26.3 Å². The van der Waals surface area contributed by atoms with E-state index in [0.717, 1.165) is 5.56 Å². The Morgan fingerprint density at radius 1 is 0.935 bits per heavy atom. The Balaban J connectivity index is 2.41. The van der Waals surface area contributed by atoms with Gasteiger partial charge in [-0.25, -0.2) is 4.79 Å². The third-order valence-corrected chi connectivity index (χ3v) is 6.53. The number of carboxylic acids is 1. The lowest BCUT2D eigenvalue weighted by atomic mass is 9.75. The van der Waals surface area contributed by atoms with Crippen LogP contribution in [-0.4, -0.2) is 33.5 Å². The van der Waals surface area contributed by atoms with Crippen LogP contribution in [0.3, 0.4) is 0 Å². The molecule has 4 nitrogen and oxygen atoms in total. The molecule has 0 saturated carbocycles. The molecule has 1 aliphatic rings. The molecule has 0 radical (unpaired) electrons. The zero-order chi connectivity index (χ0) is 23.0. The molecule has 2 aromatic carbocycles. The van der Waals surface area contributed by atoms with Gasteiger partial charge < -0.3 is 15.3 Å². The van der Waals surface area contributed by atoms with Crippen LogP contribution < -0.4 is 0 Å². The molecule has 164 valence electrons. The fourth-order valence-electron chi connectivity index (χ4n) is 3.81. The van der Waals surface area contributed by atoms with Crippen LogP contribution in [0.25, 0.3) is 16.7 Å². The van der Waals surface area contributed by atoms with Crippen molar-refractivity contribution in [3.63, 3.8) is 0 Å². The van der Waals surface area contributed by atoms with Crippen molar-refractivity contribution in [1.29, 1.82) is 0 Å². The average molecular weight is 482 g/mol. The number of carbonyl (C=O) groups is 1. The number of benzene rings is 2. The SMILES string of the molecule is CC(C)C(C)C1=C(c2cc(Cl)cc(Cl)c2-c2ccc(Cl)cc2)C=C(C(=O)O)C(O)C1O. The third-order valence-electron chi connectivity index (χ3n) is 5.76. The molecule has 3 N–H and O–H groups in total. The van der Waals surface area contributed by atoms with E-state index in [1.165, 1.54) is 6.08 Å². The third kappa shape index (κ3) is 4.69. The lowest BCUT2D eigenvalue weighted by Gasteiger charge is -2.34. The largest absolute Gasteiger partial charge is 0.478 e. The van der Waals surface area contributed by atoms with Crippen molar-refractivity contribution in [1.82, 2.24) is 0 Å². The van der Waals surface area contributed by atoms with E-state index in [1.54, 1.807) is 24.3 Å². The minimum absolute atomic E-state index is 0.125. The molecule has 0 amide bonds. The van der Waals surface area contributed by atoms with Gasteiger partial charge in [0.05, 0.1) is 10.6 Å². The van der Waals surface area contributed by atoms with Crippen LogP contribution in [0, 0.1) is 11.8 Å². The molecule has 0 saturated heterocycles. The smallest absolute Gasteiger partial charge is 0.334 e. The second kappa shape index (κ2) is 9.35. The standard InChI is InChI=1S/C24H23Cl3O4/c1-11(2)12(3)20-17(10-18(24(30)31)22(28)23(20)29)16-8-15(26)9-19(27)21(16)13-4-6-14(25)7-5-13/h4-12,22-23,28-29H,1-3H3,(H,30,31). The highest BCUT2D eigenvalue weighted by Gasteiger charge is 2.37. The molecule has 1 aliphatic carbocycles. The maximum absolute atomic E-state index is 11.8. The quantitative estimate of drug-likeness (QED) is 0.482. The molecule has 3 unspecified atom stereocenters. The van der Waals surface area contributed by atoms with E-state index in [0.29, 0.717) is 37.3 Å². The van der Waals surface area contributed by atoms with E-state index in [4.69, 9.17) is 34.8 Å². The predicted molar refractivity (Wildman–Crippen MR) is 126 cm³/mol. The van der Waals surface area contributed by atoms with Crippen LogP contribution >= 0.6 is 34.8 Å². The first-order chi connectivity index (χ1) is 14.5. The molecular weight excluding hydrogens is 459 g/mol. The average Bonchev–Trinajstić information content (AvgIpc) is 2.69. The Bertz CT molecular complexity index is 1070. The zero-order valence-corrected chi connectivity index (χ0v) is 19.5. The van der Waals surface area contributed by atoms with Gasteiger partial charge in [0.1, 0.15) is 12.2 Å². The highest BCUT2D eigenvalue weighted by Crippen LogP contribution is 2.44. The summed E-state index contributed by atoms with van der Waals surface area (Å²) < 4.78 is 0. The molecule has 3 rings (SSSR count). The van der Waals surface area contributed by atoms with Gasteiger partial charge in [0.15, 0.2) is 0 Å². The maximum Gasteiger partial charge on any atom is 0.334 e. The normalized spacial score (nSPS) is 20.1. The molecule has 2 aromatic rings. The van der Waals surface area contributed by atoms with E-state index >= 15 is 0 Å². The van der Waals surface area contributed by atoms with Crippen molar-refractivity contribution in [3.8, 4) is 11.1 Å². The lowest BCUT2D eigenvalue weighted by Crippen LogP contribution is -2.38. The van der Waals surface area contributed by atoms with Gasteiger partial charge in [-0.2, -0.15) is 0 Å². The fraction of sp³-hybridized carbons (Fsp3) is 0.292. The summed E-state index contributed by atoms with van der Waals surface area (Å²) in [5.74, 6) is -1.33. The zero-order valence-electron chi connectivity index (χ0n) is 17.2. The van der Waals surface area contributed by atoms with Crippen LogP contribution in [0.2, 0.25) is 15.1 Å². The van der Waals surface area contributed by atoms with Crippen LogP contribution in [-0.2, 0) is 4.79 Å². The first kappa shape index (κ1) is 23.8. The number of aliphatic hydroxyl groups excluding tert-OH is 2. The van der Waals surface area contributed by atoms with Gasteiger partial charge in [-0.1, -0.05) is 67.7 Å². The van der Waals surface area contributed by atoms with Crippen molar-refractivity contribution >= 4 is 46.3 Å². The Morgan fingerprint density at radius 3 is 2.10 bits per heavy atom. The first-order valence-electron chi connectivity index (χ1n) is 9.83. The molecule has 7 heteroatoms. The number of aliphatic carboxylic acids is 1. The van der Waals surface area contributed by atoms with E-state index in [-0.39, 0.29) is 17.4 Å². The molecule has 31 heavy (non-hydrogen) atoms. The second-order valence-corrected chi connectivity index (χ2v) is 9.29. The number of hydrogen-bond acceptors (Lipinski definition) is 3. The van der Waals surface area contributed by atoms with Gasteiger partial charge in [0.2, 0.25) is 0 Å². The summed E-state index contributed by atoms with van der Waals surface area (Å²) >= 11 is 19.0. The van der Waals surface area contributed by atoms with E-state index in [2.05, 4.69) is 0 Å². The molecule has 0 aromatic heterocycles. The first-order valence-corrected chi connectivity index (χ1v) is 11.0. The van der Waals surface area contributed by atoms with Gasteiger partial charge in [-0.3, -0.25) is 0 Å². The Kier molecular flexibility index (Phi) is 7.19. The van der Waals surface area contributed by atoms with Gasteiger partial charge in [-0.15, -0.1) is 0 Å². The van der Waals surface area contributed by atoms with Crippen LogP contribution in [0.4, 0.5) is 0 Å². The topological polar surface area (TPSA) is 77.8 Å². The Morgan fingerprint density at radius 2 is 1.55 bits per heavy atom. The van der Waals surface area contributed by atoms with Crippen LogP contribution in [0.15, 0.2) is 53.6 Å². The Labute approximate surface area is 196 Å². The molecule has 0 aliphatic heterocycles. The van der Waals surface area contributed by atoms with Crippen molar-refractivity contribution in [2.24, 2.45) is 11.8 Å². The summed E-state index contributed by atoms with van der Waals surface area (Å²) in [7, 11) is 0. The molecule has 0 bridgehead atoms. The van der Waals surface area contributed by atoms with Gasteiger partial charge in [0.25, 0.3) is 0 Å². The van der Waals surface area contributed by atoms with Crippen LogP contribution in [0.5, 0.6) is 0 Å². The van der Waals surface area contributed by atoms with Crippen molar-refractivity contribution in [3.05, 3.63) is 74.3 Å². The van der Waals surface area contributed by atoms with Crippen molar-refractivity contribution < 1.29 is 20.1 Å². The number of allylic oxidation sites excluding steroid dienone is 2. The molecule has 0 fully saturated rings. The summed E-state index contributed by atoms with van der Waals surface area (Å²) in [6.07, 6.45) is -1.50. The summed E-state index contributed by atoms with van der Waals surface area (Å²) in [6, 6.07) is 10.4. The monoisotopic (exact) mass is 480 g/mol. The minimum atomic E-state index is -1.54. The van der Waals surface area contributed by atoms with E-state index < -0.39 is 18.2 Å². The summed E-state index contributed by atoms with van der Waals surface area (Å²) in [4.78, 5) is 11.8. The van der Waals surface area contributed by atoms with E-state index in [1.807, 2.05) is 32.9 Å². The molecular formula is C24H23Cl3O4. The highest BCUT2D eigenvalue weighted by atomic mass is 35.5. The molecule has 3 atom stereocenters. The Hall–Kier alpha value is -1.82.